The van der Waals surface area contributed by atoms with Crippen LogP contribution < -0.4 is 10.1 Å². The van der Waals surface area contributed by atoms with Crippen LogP contribution in [0.4, 0.5) is 20.2 Å². The third-order valence-electron chi connectivity index (χ3n) is 3.20. The Morgan fingerprint density at radius 2 is 1.89 bits per heavy atom. The molecule has 1 N–H and O–H groups in total. The predicted molar refractivity (Wildman–Crippen MR) is 94.8 cm³/mol. The molecule has 28 heavy (non-hydrogen) atoms. The molecule has 0 unspecified atom stereocenters. The number of non-ortho nitro benzene ring substituents is 1. The molecule has 0 aliphatic heterocycles. The van der Waals surface area contributed by atoms with E-state index in [-0.39, 0.29) is 11.4 Å². The van der Waals surface area contributed by atoms with Gasteiger partial charge in [-0.1, -0.05) is 12.1 Å². The molecule has 2 aromatic carbocycles. The maximum absolute atomic E-state index is 12.1. The van der Waals surface area contributed by atoms with Crippen LogP contribution in [0.25, 0.3) is 6.08 Å². The Morgan fingerprint density at radius 3 is 2.54 bits per heavy atom. The topological polar surface area (TPSA) is 108 Å². The molecule has 2 aromatic rings. The molecule has 1 amide bonds. The van der Waals surface area contributed by atoms with Crippen molar-refractivity contribution in [3.05, 3.63) is 70.3 Å². The largest absolute Gasteiger partial charge is 0.452 e. The molecule has 0 spiro atoms. The molecule has 0 aliphatic rings. The van der Waals surface area contributed by atoms with E-state index >= 15 is 0 Å². The number of hydrogen-bond donors (Lipinski definition) is 1. The number of nitrogens with zero attached hydrogens (tertiary/aromatic N) is 1. The van der Waals surface area contributed by atoms with E-state index in [1.807, 2.05) is 0 Å². The van der Waals surface area contributed by atoms with E-state index in [0.29, 0.717) is 11.3 Å². The van der Waals surface area contributed by atoms with Gasteiger partial charge in [-0.25, -0.2) is 4.79 Å². The zero-order valence-electron chi connectivity index (χ0n) is 14.2. The minimum Gasteiger partial charge on any atom is -0.452 e. The number of rotatable bonds is 8. The summed E-state index contributed by atoms with van der Waals surface area (Å²) < 4.78 is 33.0. The minimum atomic E-state index is -2.95. The maximum atomic E-state index is 12.1. The van der Waals surface area contributed by atoms with Gasteiger partial charge in [-0.2, -0.15) is 8.78 Å². The molecule has 0 saturated carbocycles. The zero-order chi connectivity index (χ0) is 20.5. The fraction of sp³-hybridized carbons (Fsp3) is 0.111. The fourth-order valence-electron chi connectivity index (χ4n) is 2.01. The molecule has 0 heterocycles. The molecule has 0 aromatic heterocycles. The van der Waals surface area contributed by atoms with Crippen molar-refractivity contribution in [1.29, 1.82) is 0 Å². The van der Waals surface area contributed by atoms with Crippen molar-refractivity contribution >= 4 is 29.3 Å². The summed E-state index contributed by atoms with van der Waals surface area (Å²) in [5.74, 6) is -1.52. The second-order valence-electron chi connectivity index (χ2n) is 5.24. The van der Waals surface area contributed by atoms with Gasteiger partial charge in [0, 0.05) is 23.9 Å². The number of benzene rings is 2. The number of carbonyl (C=O) groups is 2. The van der Waals surface area contributed by atoms with Gasteiger partial charge in [0.05, 0.1) is 4.92 Å². The van der Waals surface area contributed by atoms with Crippen molar-refractivity contribution in [3.8, 4) is 5.75 Å². The number of esters is 1. The SMILES string of the molecule is O=C(COC(=O)/C=C/c1cccc([N+](=O)[O-])c1)Nc1ccc(OC(F)F)cc1. The van der Waals surface area contributed by atoms with Crippen LogP contribution in [0.3, 0.4) is 0 Å². The third-order valence-corrected chi connectivity index (χ3v) is 3.20. The normalized spacial score (nSPS) is 10.7. The second kappa shape index (κ2) is 9.76. The number of hydrogen-bond acceptors (Lipinski definition) is 6. The molecule has 2 rings (SSSR count). The highest BCUT2D eigenvalue weighted by Gasteiger charge is 2.08. The highest BCUT2D eigenvalue weighted by Crippen LogP contribution is 2.17. The molecule has 0 atom stereocenters. The highest BCUT2D eigenvalue weighted by atomic mass is 19.3. The molecule has 146 valence electrons. The Morgan fingerprint density at radius 1 is 1.18 bits per heavy atom. The second-order valence-corrected chi connectivity index (χ2v) is 5.24. The van der Waals surface area contributed by atoms with E-state index in [2.05, 4.69) is 10.1 Å². The van der Waals surface area contributed by atoms with Gasteiger partial charge in [0.1, 0.15) is 5.75 Å². The molecule has 8 nitrogen and oxygen atoms in total. The Labute approximate surface area is 157 Å². The molecule has 0 fully saturated rings. The average Bonchev–Trinajstić information content (AvgIpc) is 2.66. The number of nitro groups is 1. The predicted octanol–water partition coefficient (Wildman–Crippen LogP) is 3.39. The zero-order valence-corrected chi connectivity index (χ0v) is 14.2. The quantitative estimate of drug-likeness (QED) is 0.319. The van der Waals surface area contributed by atoms with E-state index in [4.69, 9.17) is 4.74 Å². The smallest absolute Gasteiger partial charge is 0.387 e. The lowest BCUT2D eigenvalue weighted by Gasteiger charge is -2.07. The summed E-state index contributed by atoms with van der Waals surface area (Å²) in [4.78, 5) is 33.5. The number of alkyl halides is 2. The van der Waals surface area contributed by atoms with Crippen LogP contribution in [-0.4, -0.2) is 30.0 Å². The van der Waals surface area contributed by atoms with Gasteiger partial charge in [0.15, 0.2) is 6.61 Å². The average molecular weight is 392 g/mol. The number of nitrogens with one attached hydrogen (secondary N) is 1. The van der Waals surface area contributed by atoms with Crippen LogP contribution >= 0.6 is 0 Å². The van der Waals surface area contributed by atoms with E-state index in [9.17, 15) is 28.5 Å². The molecule has 10 heteroatoms. The van der Waals surface area contributed by atoms with Crippen molar-refractivity contribution < 1.29 is 32.8 Å². The lowest BCUT2D eigenvalue weighted by Crippen LogP contribution is -2.20. The van der Waals surface area contributed by atoms with Gasteiger partial charge in [0.2, 0.25) is 0 Å². The monoisotopic (exact) mass is 392 g/mol. The summed E-state index contributed by atoms with van der Waals surface area (Å²) >= 11 is 0. The standard InChI is InChI=1S/C18H14F2N2O6/c19-18(20)28-15-7-5-13(6-8-15)21-16(23)11-27-17(24)9-4-12-2-1-3-14(10-12)22(25)26/h1-10,18H,11H2,(H,21,23)/b9-4+. The first-order chi connectivity index (χ1) is 13.3. The summed E-state index contributed by atoms with van der Waals surface area (Å²) in [6.07, 6.45) is 2.35. The van der Waals surface area contributed by atoms with Crippen LogP contribution in [0.5, 0.6) is 5.75 Å². The number of ether oxygens (including phenoxy) is 2. The molecular weight excluding hydrogens is 378 g/mol. The van der Waals surface area contributed by atoms with Crippen molar-refractivity contribution in [2.45, 2.75) is 6.61 Å². The fourth-order valence-corrected chi connectivity index (χ4v) is 2.01. The summed E-state index contributed by atoms with van der Waals surface area (Å²) in [6, 6.07) is 10.8. The van der Waals surface area contributed by atoms with Crippen molar-refractivity contribution in [2.24, 2.45) is 0 Å². The van der Waals surface area contributed by atoms with Gasteiger partial charge in [0.25, 0.3) is 11.6 Å². The maximum Gasteiger partial charge on any atom is 0.387 e. The van der Waals surface area contributed by atoms with E-state index < -0.39 is 30.0 Å². The lowest BCUT2D eigenvalue weighted by atomic mass is 10.2. The van der Waals surface area contributed by atoms with Gasteiger partial charge in [-0.3, -0.25) is 14.9 Å². The van der Waals surface area contributed by atoms with Crippen LogP contribution in [0.15, 0.2) is 54.6 Å². The van der Waals surface area contributed by atoms with Gasteiger partial charge < -0.3 is 14.8 Å². The van der Waals surface area contributed by atoms with Crippen molar-refractivity contribution in [2.75, 3.05) is 11.9 Å². The number of amides is 1. The van der Waals surface area contributed by atoms with Crippen molar-refractivity contribution in [1.82, 2.24) is 0 Å². The Bertz CT molecular complexity index is 884. The van der Waals surface area contributed by atoms with Crippen LogP contribution in [-0.2, 0) is 14.3 Å². The summed E-state index contributed by atoms with van der Waals surface area (Å²) in [6.45, 7) is -3.53. The third kappa shape index (κ3) is 6.83. The number of carbonyl (C=O) groups excluding carboxylic acids is 2. The Hall–Kier alpha value is -3.82. The van der Waals surface area contributed by atoms with Crippen LogP contribution in [0.1, 0.15) is 5.56 Å². The van der Waals surface area contributed by atoms with Crippen LogP contribution in [0.2, 0.25) is 0 Å². The molecule has 0 bridgehead atoms. The number of nitro benzene ring substituents is 1. The van der Waals surface area contributed by atoms with Crippen molar-refractivity contribution in [3.63, 3.8) is 0 Å². The van der Waals surface area contributed by atoms with E-state index in [1.54, 1.807) is 6.07 Å². The number of anilines is 1. The summed E-state index contributed by atoms with van der Waals surface area (Å²) in [5, 5.41) is 13.1. The highest BCUT2D eigenvalue weighted by molar-refractivity contribution is 5.94. The molecule has 0 saturated heterocycles. The molecular formula is C18H14F2N2O6. The molecule has 0 radical (unpaired) electrons. The van der Waals surface area contributed by atoms with Gasteiger partial charge in [-0.05, 0) is 35.9 Å². The molecule has 0 aliphatic carbocycles. The van der Waals surface area contributed by atoms with Gasteiger partial charge in [-0.15, -0.1) is 0 Å². The Balaban J connectivity index is 1.81. The Kier molecular flexibility index (Phi) is 7.14. The lowest BCUT2D eigenvalue weighted by molar-refractivity contribution is -0.384. The summed E-state index contributed by atoms with van der Waals surface area (Å²) in [5.41, 5.74) is 0.594. The van der Waals surface area contributed by atoms with Crippen LogP contribution in [0, 0.1) is 10.1 Å². The first-order valence-corrected chi connectivity index (χ1v) is 7.77. The number of halogens is 2. The van der Waals surface area contributed by atoms with E-state index in [0.717, 1.165) is 6.08 Å². The first kappa shape index (κ1) is 20.5. The first-order valence-electron chi connectivity index (χ1n) is 7.77. The van der Waals surface area contributed by atoms with E-state index in [1.165, 1.54) is 48.5 Å². The minimum absolute atomic E-state index is 0.0642. The summed E-state index contributed by atoms with van der Waals surface area (Å²) in [7, 11) is 0. The van der Waals surface area contributed by atoms with Gasteiger partial charge >= 0.3 is 12.6 Å².